The Labute approximate surface area is 162 Å². The Kier molecular flexibility index (Phi) is 5.60. The molecule has 27 heavy (non-hydrogen) atoms. The van der Waals surface area contributed by atoms with Gasteiger partial charge in [-0.3, -0.25) is 18.8 Å². The molecule has 1 aromatic carbocycles. The lowest BCUT2D eigenvalue weighted by Gasteiger charge is -2.23. The van der Waals surface area contributed by atoms with E-state index in [0.717, 1.165) is 5.56 Å². The summed E-state index contributed by atoms with van der Waals surface area (Å²) in [6, 6.07) is 7.33. The number of carbonyl (C=O) groups is 1. The molecule has 142 valence electrons. The van der Waals surface area contributed by atoms with Crippen molar-refractivity contribution in [2.45, 2.75) is 32.9 Å². The molecule has 0 aliphatic carbocycles. The number of fused-ring (bicyclic) bond motifs is 1. The van der Waals surface area contributed by atoms with Crippen LogP contribution in [-0.2, 0) is 18.4 Å². The summed E-state index contributed by atoms with van der Waals surface area (Å²) in [6.45, 7) is 4.35. The third-order valence-corrected chi connectivity index (χ3v) is 4.76. The lowest BCUT2D eigenvalue weighted by molar-refractivity contribution is -0.122. The molecule has 1 atom stereocenters. The fourth-order valence-electron chi connectivity index (χ4n) is 3.00. The first kappa shape index (κ1) is 19.1. The molecular weight excluding hydrogens is 366 g/mol. The van der Waals surface area contributed by atoms with Gasteiger partial charge in [-0.05, 0) is 23.6 Å². The first-order valence-corrected chi connectivity index (χ1v) is 9.16. The highest BCUT2D eigenvalue weighted by Crippen LogP contribution is 2.23. The van der Waals surface area contributed by atoms with Crippen LogP contribution in [0.2, 0.25) is 5.02 Å². The number of nitrogens with zero attached hydrogens (tertiary/aromatic N) is 4. The summed E-state index contributed by atoms with van der Waals surface area (Å²) >= 11 is 5.95. The normalized spacial score (nSPS) is 12.5. The van der Waals surface area contributed by atoms with Crippen molar-refractivity contribution >= 4 is 28.5 Å². The molecule has 2 heterocycles. The molecule has 0 fully saturated rings. The second kappa shape index (κ2) is 7.92. The van der Waals surface area contributed by atoms with E-state index in [-0.39, 0.29) is 36.4 Å². The zero-order chi connectivity index (χ0) is 19.6. The average molecular weight is 388 g/mol. The van der Waals surface area contributed by atoms with E-state index in [9.17, 15) is 9.59 Å². The monoisotopic (exact) mass is 387 g/mol. The van der Waals surface area contributed by atoms with E-state index in [2.05, 4.69) is 15.4 Å². The number of carbonyl (C=O) groups excluding carboxylic acids is 1. The Morgan fingerprint density at radius 2 is 1.96 bits per heavy atom. The Hall–Kier alpha value is -2.67. The molecule has 0 saturated heterocycles. The van der Waals surface area contributed by atoms with E-state index >= 15 is 0 Å². The number of amides is 1. The van der Waals surface area contributed by atoms with Gasteiger partial charge in [0.15, 0.2) is 5.65 Å². The van der Waals surface area contributed by atoms with Gasteiger partial charge in [-0.25, -0.2) is 4.98 Å². The van der Waals surface area contributed by atoms with Crippen molar-refractivity contribution in [3.63, 3.8) is 0 Å². The Morgan fingerprint density at radius 3 is 2.63 bits per heavy atom. The minimum absolute atomic E-state index is 0.120. The second-order valence-corrected chi connectivity index (χ2v) is 7.28. The van der Waals surface area contributed by atoms with Crippen molar-refractivity contribution in [2.24, 2.45) is 13.0 Å². The van der Waals surface area contributed by atoms with Crippen molar-refractivity contribution in [2.75, 3.05) is 0 Å². The molecule has 7 nitrogen and oxygen atoms in total. The van der Waals surface area contributed by atoms with Crippen LogP contribution >= 0.6 is 11.6 Å². The number of rotatable bonds is 6. The van der Waals surface area contributed by atoms with Crippen molar-refractivity contribution in [1.82, 2.24) is 24.6 Å². The van der Waals surface area contributed by atoms with Crippen molar-refractivity contribution in [1.29, 1.82) is 0 Å². The average Bonchev–Trinajstić information content (AvgIpc) is 3.02. The van der Waals surface area contributed by atoms with Crippen LogP contribution in [0.4, 0.5) is 0 Å². The molecule has 0 radical (unpaired) electrons. The zero-order valence-corrected chi connectivity index (χ0v) is 16.3. The van der Waals surface area contributed by atoms with Gasteiger partial charge in [0.05, 0.1) is 18.6 Å². The number of hydrogen-bond donors (Lipinski definition) is 1. The highest BCUT2D eigenvalue weighted by Gasteiger charge is 2.18. The molecule has 0 aliphatic rings. The predicted molar refractivity (Wildman–Crippen MR) is 105 cm³/mol. The maximum atomic E-state index is 12.5. The standard InChI is InChI=1S/C19H22ClN5O2/c1-12(2)17(13-4-6-14(20)7-5-13)23-16(26)8-9-25-11-21-18-15(19(25)27)10-22-24(18)3/h4-7,10-12,17H,8-9H2,1-3H3,(H,23,26)/t17-/m1/s1. The fraction of sp³-hybridized carbons (Fsp3) is 0.368. The maximum absolute atomic E-state index is 12.5. The van der Waals surface area contributed by atoms with Crippen LogP contribution in [0.25, 0.3) is 11.0 Å². The fourth-order valence-corrected chi connectivity index (χ4v) is 3.12. The predicted octanol–water partition coefficient (Wildman–Crippen LogP) is 2.69. The molecular formula is C19H22ClN5O2. The molecule has 0 spiro atoms. The van der Waals surface area contributed by atoms with Gasteiger partial charge in [-0.15, -0.1) is 0 Å². The van der Waals surface area contributed by atoms with Gasteiger partial charge in [0, 0.05) is 25.0 Å². The lowest BCUT2D eigenvalue weighted by Crippen LogP contribution is -2.33. The van der Waals surface area contributed by atoms with Crippen LogP contribution in [0.5, 0.6) is 0 Å². The smallest absolute Gasteiger partial charge is 0.264 e. The van der Waals surface area contributed by atoms with Gasteiger partial charge >= 0.3 is 0 Å². The van der Waals surface area contributed by atoms with Crippen LogP contribution in [0.3, 0.4) is 0 Å². The topological polar surface area (TPSA) is 81.8 Å². The number of benzene rings is 1. The molecule has 3 rings (SSSR count). The molecule has 1 amide bonds. The van der Waals surface area contributed by atoms with Crippen molar-refractivity contribution in [3.8, 4) is 0 Å². The summed E-state index contributed by atoms with van der Waals surface area (Å²) in [6.07, 6.45) is 3.14. The summed E-state index contributed by atoms with van der Waals surface area (Å²) in [7, 11) is 1.73. The van der Waals surface area contributed by atoms with Gasteiger partial charge in [0.25, 0.3) is 5.56 Å². The first-order valence-electron chi connectivity index (χ1n) is 8.79. The maximum Gasteiger partial charge on any atom is 0.264 e. The number of aryl methyl sites for hydroxylation is 2. The Morgan fingerprint density at radius 1 is 1.26 bits per heavy atom. The summed E-state index contributed by atoms with van der Waals surface area (Å²) in [4.78, 5) is 29.2. The summed E-state index contributed by atoms with van der Waals surface area (Å²) in [5.74, 6) is 0.0908. The molecule has 0 bridgehead atoms. The molecule has 0 saturated carbocycles. The quantitative estimate of drug-likeness (QED) is 0.705. The molecule has 0 unspecified atom stereocenters. The highest BCUT2D eigenvalue weighted by molar-refractivity contribution is 6.30. The number of halogens is 1. The first-order chi connectivity index (χ1) is 12.9. The van der Waals surface area contributed by atoms with Gasteiger partial charge in [-0.1, -0.05) is 37.6 Å². The lowest BCUT2D eigenvalue weighted by atomic mass is 9.96. The van der Waals surface area contributed by atoms with Gasteiger partial charge in [0.2, 0.25) is 5.91 Å². The SMILES string of the molecule is CC(C)[C@@H](NC(=O)CCn1cnc2c(cnn2C)c1=O)c1ccc(Cl)cc1. The van der Waals surface area contributed by atoms with E-state index in [1.165, 1.54) is 17.1 Å². The molecule has 1 N–H and O–H groups in total. The van der Waals surface area contributed by atoms with Crippen molar-refractivity contribution in [3.05, 3.63) is 57.7 Å². The number of nitrogens with one attached hydrogen (secondary N) is 1. The van der Waals surface area contributed by atoms with Gasteiger partial charge in [-0.2, -0.15) is 5.10 Å². The molecule has 8 heteroatoms. The van der Waals surface area contributed by atoms with Crippen molar-refractivity contribution < 1.29 is 4.79 Å². The molecule has 2 aromatic heterocycles. The summed E-state index contributed by atoms with van der Waals surface area (Å²) < 4.78 is 2.99. The van der Waals surface area contributed by atoms with Gasteiger partial charge in [0.1, 0.15) is 5.39 Å². The largest absolute Gasteiger partial charge is 0.349 e. The van der Waals surface area contributed by atoms with Crippen LogP contribution in [0.1, 0.15) is 31.9 Å². The van der Waals surface area contributed by atoms with E-state index in [1.807, 2.05) is 38.1 Å². The van der Waals surface area contributed by atoms with E-state index in [1.54, 1.807) is 11.7 Å². The summed E-state index contributed by atoms with van der Waals surface area (Å²) in [5, 5.41) is 8.20. The van der Waals surface area contributed by atoms with Crippen LogP contribution < -0.4 is 10.9 Å². The van der Waals surface area contributed by atoms with Gasteiger partial charge < -0.3 is 5.32 Å². The second-order valence-electron chi connectivity index (χ2n) is 6.84. The third kappa shape index (κ3) is 4.19. The van der Waals surface area contributed by atoms with E-state index < -0.39 is 0 Å². The molecule has 0 aliphatic heterocycles. The number of hydrogen-bond acceptors (Lipinski definition) is 4. The zero-order valence-electron chi connectivity index (χ0n) is 15.5. The summed E-state index contributed by atoms with van der Waals surface area (Å²) in [5.41, 5.74) is 1.33. The Balaban J connectivity index is 1.69. The van der Waals surface area contributed by atoms with Crippen LogP contribution in [0, 0.1) is 5.92 Å². The molecule has 3 aromatic rings. The van der Waals surface area contributed by atoms with E-state index in [4.69, 9.17) is 11.6 Å². The van der Waals surface area contributed by atoms with E-state index in [0.29, 0.717) is 16.1 Å². The minimum Gasteiger partial charge on any atom is -0.349 e. The van der Waals surface area contributed by atoms with Crippen LogP contribution in [-0.4, -0.2) is 25.2 Å². The third-order valence-electron chi connectivity index (χ3n) is 4.51. The number of aromatic nitrogens is 4. The highest BCUT2D eigenvalue weighted by atomic mass is 35.5. The Bertz CT molecular complexity index is 1010. The van der Waals surface area contributed by atoms with Crippen LogP contribution in [0.15, 0.2) is 41.6 Å². The minimum atomic E-state index is -0.195.